The van der Waals surface area contributed by atoms with E-state index in [0.717, 1.165) is 11.4 Å². The number of aryl methyl sites for hydroxylation is 3. The maximum Gasteiger partial charge on any atom is 0.340 e. The number of fused-ring (bicyclic) bond motifs is 1. The van der Waals surface area contributed by atoms with Crippen molar-refractivity contribution in [2.45, 2.75) is 20.8 Å². The molecular formula is C20H21N7O5S. The van der Waals surface area contributed by atoms with Gasteiger partial charge in [0.05, 0.1) is 17.0 Å². The molecule has 2 aromatic heterocycles. The predicted molar refractivity (Wildman–Crippen MR) is 118 cm³/mol. The Labute approximate surface area is 189 Å². The van der Waals surface area contributed by atoms with E-state index >= 15 is 0 Å². The predicted octanol–water partition coefficient (Wildman–Crippen LogP) is 0.567. The number of ether oxygens (including phenoxy) is 1. The molecule has 172 valence electrons. The maximum absolute atomic E-state index is 12.4. The van der Waals surface area contributed by atoms with Gasteiger partial charge in [-0.15, -0.1) is 4.40 Å². The van der Waals surface area contributed by atoms with Crippen LogP contribution in [0.5, 0.6) is 0 Å². The molecule has 0 aromatic carbocycles. The molecule has 2 aromatic rings. The number of anilines is 1. The molecule has 2 aliphatic rings. The second kappa shape index (κ2) is 8.58. The van der Waals surface area contributed by atoms with Gasteiger partial charge in [0.25, 0.3) is 21.9 Å². The van der Waals surface area contributed by atoms with Crippen LogP contribution < -0.4 is 5.32 Å². The van der Waals surface area contributed by atoms with Gasteiger partial charge in [-0.25, -0.2) is 23.2 Å². The molecule has 13 heteroatoms. The van der Waals surface area contributed by atoms with Crippen molar-refractivity contribution in [2.75, 3.05) is 24.2 Å². The zero-order chi connectivity index (χ0) is 23.8. The number of carbonyl (C=O) groups excluding carboxylic acids is 2. The smallest absolute Gasteiger partial charge is 0.340 e. The first-order valence-electron chi connectivity index (χ1n) is 9.95. The zero-order valence-electron chi connectivity index (χ0n) is 18.1. The van der Waals surface area contributed by atoms with Crippen molar-refractivity contribution in [1.29, 1.82) is 0 Å². The number of sulfonamides is 1. The third-order valence-corrected chi connectivity index (χ3v) is 5.82. The Morgan fingerprint density at radius 3 is 2.55 bits per heavy atom. The maximum atomic E-state index is 12.4. The SMILES string of the molecule is Cc1cc(C)nc(-n2nc(C)cc2NC(=O)COC(=O)C2=CN3CCS(=O)(=O)N=C3C=C2)n1. The number of amides is 1. The lowest BCUT2D eigenvalue weighted by Gasteiger charge is -2.26. The molecule has 1 N–H and O–H groups in total. The van der Waals surface area contributed by atoms with Crippen LogP contribution in [0.4, 0.5) is 5.82 Å². The van der Waals surface area contributed by atoms with Crippen molar-refractivity contribution < 1.29 is 22.7 Å². The lowest BCUT2D eigenvalue weighted by atomic mass is 10.2. The molecule has 0 atom stereocenters. The number of carbonyl (C=O) groups is 2. The standard InChI is InChI=1S/C20H21N7O5S/c1-12-8-13(2)22-20(21-12)27-17(9-14(3)24-27)23-18(28)11-32-19(29)15-4-5-16-25-33(30,31)7-6-26(16)10-15/h4-5,8-10H,6-7,11H2,1-3H3,(H,23,28). The highest BCUT2D eigenvalue weighted by molar-refractivity contribution is 7.90. The van der Waals surface area contributed by atoms with E-state index in [0.29, 0.717) is 17.5 Å². The summed E-state index contributed by atoms with van der Waals surface area (Å²) in [4.78, 5) is 35.0. The molecule has 33 heavy (non-hydrogen) atoms. The first-order valence-corrected chi connectivity index (χ1v) is 11.6. The van der Waals surface area contributed by atoms with Gasteiger partial charge in [-0.1, -0.05) is 0 Å². The lowest BCUT2D eigenvalue weighted by Crippen LogP contribution is -2.37. The first-order chi connectivity index (χ1) is 15.6. The minimum atomic E-state index is -3.49. The molecule has 4 rings (SSSR count). The summed E-state index contributed by atoms with van der Waals surface area (Å²) < 4.78 is 33.3. The van der Waals surface area contributed by atoms with Gasteiger partial charge < -0.3 is 15.0 Å². The Morgan fingerprint density at radius 1 is 1.09 bits per heavy atom. The van der Waals surface area contributed by atoms with E-state index in [4.69, 9.17) is 4.74 Å². The summed E-state index contributed by atoms with van der Waals surface area (Å²) in [5, 5.41) is 6.98. The van der Waals surface area contributed by atoms with Crippen LogP contribution in [0.15, 0.2) is 40.5 Å². The van der Waals surface area contributed by atoms with Crippen LogP contribution in [-0.4, -0.2) is 69.7 Å². The van der Waals surface area contributed by atoms with Crippen molar-refractivity contribution in [1.82, 2.24) is 24.6 Å². The molecule has 0 fully saturated rings. The second-order valence-electron chi connectivity index (χ2n) is 7.50. The fourth-order valence-electron chi connectivity index (χ4n) is 3.26. The van der Waals surface area contributed by atoms with E-state index in [1.54, 1.807) is 17.9 Å². The van der Waals surface area contributed by atoms with Gasteiger partial charge in [-0.3, -0.25) is 4.79 Å². The topological polar surface area (TPSA) is 149 Å². The van der Waals surface area contributed by atoms with Gasteiger partial charge in [0, 0.05) is 30.2 Å². The number of aromatic nitrogens is 4. The van der Waals surface area contributed by atoms with Crippen LogP contribution >= 0.6 is 0 Å². The van der Waals surface area contributed by atoms with Gasteiger partial charge in [0.15, 0.2) is 6.61 Å². The quantitative estimate of drug-likeness (QED) is 0.618. The van der Waals surface area contributed by atoms with Crippen molar-refractivity contribution in [3.05, 3.63) is 53.1 Å². The molecule has 12 nitrogen and oxygen atoms in total. The number of nitrogens with zero attached hydrogens (tertiary/aromatic N) is 6. The molecule has 4 heterocycles. The Balaban J connectivity index is 1.40. The van der Waals surface area contributed by atoms with Crippen molar-refractivity contribution >= 4 is 33.6 Å². The first kappa shape index (κ1) is 22.3. The lowest BCUT2D eigenvalue weighted by molar-refractivity contribution is -0.143. The summed E-state index contributed by atoms with van der Waals surface area (Å²) in [5.41, 5.74) is 2.32. The average Bonchev–Trinajstić information content (AvgIpc) is 3.10. The number of hydrogen-bond acceptors (Lipinski definition) is 9. The summed E-state index contributed by atoms with van der Waals surface area (Å²) in [5.74, 6) is -0.565. The molecular weight excluding hydrogens is 450 g/mol. The van der Waals surface area contributed by atoms with Crippen molar-refractivity contribution in [2.24, 2.45) is 4.40 Å². The average molecular weight is 471 g/mol. The summed E-state index contributed by atoms with van der Waals surface area (Å²) in [7, 11) is -3.49. The molecule has 0 bridgehead atoms. The largest absolute Gasteiger partial charge is 0.452 e. The number of rotatable bonds is 5. The van der Waals surface area contributed by atoms with E-state index in [1.165, 1.54) is 23.0 Å². The number of nitrogens with one attached hydrogen (secondary N) is 1. The minimum Gasteiger partial charge on any atom is -0.452 e. The molecule has 0 saturated carbocycles. The van der Waals surface area contributed by atoms with Crippen LogP contribution in [-0.2, 0) is 24.3 Å². The molecule has 0 saturated heterocycles. The molecule has 0 spiro atoms. The van der Waals surface area contributed by atoms with Crippen LogP contribution in [0.3, 0.4) is 0 Å². The highest BCUT2D eigenvalue weighted by Crippen LogP contribution is 2.17. The van der Waals surface area contributed by atoms with Gasteiger partial charge >= 0.3 is 5.97 Å². The minimum absolute atomic E-state index is 0.150. The van der Waals surface area contributed by atoms with E-state index in [2.05, 4.69) is 24.8 Å². The van der Waals surface area contributed by atoms with Crippen LogP contribution in [0, 0.1) is 20.8 Å². The molecule has 0 radical (unpaired) electrons. The summed E-state index contributed by atoms with van der Waals surface area (Å²) in [6, 6.07) is 3.47. The Hall–Kier alpha value is -3.87. The fraction of sp³-hybridized carbons (Fsp3) is 0.300. The van der Waals surface area contributed by atoms with E-state index < -0.39 is 28.5 Å². The van der Waals surface area contributed by atoms with E-state index in [1.807, 2.05) is 19.9 Å². The summed E-state index contributed by atoms with van der Waals surface area (Å²) in [6.45, 7) is 5.07. The van der Waals surface area contributed by atoms with Gasteiger partial charge in [-0.05, 0) is 39.0 Å². The van der Waals surface area contributed by atoms with E-state index in [-0.39, 0.29) is 23.7 Å². The third kappa shape index (κ3) is 5.14. The van der Waals surface area contributed by atoms with Crippen molar-refractivity contribution in [3.8, 4) is 5.95 Å². The Kier molecular flexibility index (Phi) is 5.80. The third-order valence-electron chi connectivity index (χ3n) is 4.65. The fourth-order valence-corrected chi connectivity index (χ4v) is 4.23. The van der Waals surface area contributed by atoms with Crippen LogP contribution in [0.2, 0.25) is 0 Å². The molecule has 2 aliphatic heterocycles. The molecule has 1 amide bonds. The number of esters is 1. The highest BCUT2D eigenvalue weighted by Gasteiger charge is 2.25. The zero-order valence-corrected chi connectivity index (χ0v) is 19.0. The molecule has 0 aliphatic carbocycles. The van der Waals surface area contributed by atoms with E-state index in [9.17, 15) is 18.0 Å². The van der Waals surface area contributed by atoms with Crippen LogP contribution in [0.25, 0.3) is 5.95 Å². The Bertz CT molecular complexity index is 1320. The molecule has 0 unspecified atom stereocenters. The highest BCUT2D eigenvalue weighted by atomic mass is 32.2. The normalized spacial score (nSPS) is 16.5. The number of amidine groups is 1. The second-order valence-corrected chi connectivity index (χ2v) is 9.26. The monoisotopic (exact) mass is 471 g/mol. The summed E-state index contributed by atoms with van der Waals surface area (Å²) in [6.07, 6.45) is 4.26. The van der Waals surface area contributed by atoms with Gasteiger partial charge in [-0.2, -0.15) is 9.78 Å². The summed E-state index contributed by atoms with van der Waals surface area (Å²) >= 11 is 0. The van der Waals surface area contributed by atoms with Gasteiger partial charge in [0.1, 0.15) is 11.7 Å². The van der Waals surface area contributed by atoms with Crippen LogP contribution in [0.1, 0.15) is 17.1 Å². The number of hydrogen-bond donors (Lipinski definition) is 1. The van der Waals surface area contributed by atoms with Crippen molar-refractivity contribution in [3.63, 3.8) is 0 Å². The van der Waals surface area contributed by atoms with Gasteiger partial charge in [0.2, 0.25) is 0 Å². The Morgan fingerprint density at radius 2 is 1.82 bits per heavy atom.